The second-order valence-electron chi connectivity index (χ2n) is 35.6. The fourth-order valence-electron chi connectivity index (χ4n) is 20.3. The smallest absolute Gasteiger partial charge is 0.189 e. The SMILES string of the molecule is N#Cc1ccccc1N(c1cc(-c2ccccc2)cc(-c2ccc(F)cc2)c1)c1ccc2ccc3c(N(c4cc(-c5ccccc5)cc(-c5ccc(F)cc5)c4)c4ccccc4C#N)ccc4ccc1c2c43.[C-]#[N+]c1cccc(N(c2cc(-c3ccccc3)cc(-c3ccc(F)cc3)c2)c2ccc3ccc4c(N(c5cccc(C#N)c5)c5cc(-c6ccccc6)cc(-c6ccc(F)cc6)c5)ccc5ccc2c3c54)c1. The predicted molar refractivity (Wildman–Crippen MR) is 583 cm³/mol. The average Bonchev–Trinajstić information content (AvgIpc) is 0.719. The molecule has 676 valence electrons. The van der Waals surface area contributed by atoms with E-state index < -0.39 is 0 Å². The lowest BCUT2D eigenvalue weighted by Gasteiger charge is -2.30. The third-order valence-corrected chi connectivity index (χ3v) is 27.0. The zero-order chi connectivity index (χ0) is 97.4. The number of halogens is 4. The standard InChI is InChI=1S/2C66H40F2N4/c1-70-56-15-9-17-58(41-56)72(60-38-51(45-13-6-3-7-14-45)36-53(40-60)47-20-28-55(68)29-21-47)64-33-25-49-22-30-61-63(32-24-48-23-31-62(64)66(49)65(48)61)71(57-16-8-10-43(34-57)42-69)59-37-50(44-11-4-2-5-12-44)35-52(39-59)46-18-26-54(67)27-19-46;67-55-27-19-45(20-28-55)53-35-51(43-11-3-1-4-12-43)37-57(39-53)71(61-17-9-7-15-49(61)41-69)63-33-25-47-24-32-60-64(34-26-48-23-31-59(63)65(47)66(48)60)72(62-18-10-8-16-50(62)42-70)58-38-52(44-13-5-2-6-14-44)36-54(40-58)46-21-29-56(68)30-22-46/h2-41H;1-40H. The fraction of sp³-hybridized carbons (Fsp3) is 0. The molecule has 0 unspecified atom stereocenters. The van der Waals surface area contributed by atoms with Crippen molar-refractivity contribution in [3.05, 3.63) is 537 Å². The third-order valence-electron chi connectivity index (χ3n) is 27.0. The lowest BCUT2D eigenvalue weighted by Crippen LogP contribution is -2.13. The molecule has 12 heteroatoms. The summed E-state index contributed by atoms with van der Waals surface area (Å²) in [7, 11) is 0. The Morgan fingerprint density at radius 2 is 0.438 bits per heavy atom. The van der Waals surface area contributed by atoms with Crippen LogP contribution in [0, 0.1) is 63.8 Å². The van der Waals surface area contributed by atoms with Gasteiger partial charge in [0, 0.05) is 55.7 Å². The zero-order valence-electron chi connectivity index (χ0n) is 77.3. The highest BCUT2D eigenvalue weighted by Gasteiger charge is 2.30. The molecule has 0 bridgehead atoms. The Morgan fingerprint density at radius 3 is 0.722 bits per heavy atom. The van der Waals surface area contributed by atoms with Crippen molar-refractivity contribution in [2.45, 2.75) is 0 Å². The van der Waals surface area contributed by atoms with E-state index in [1.54, 1.807) is 36.4 Å². The molecule has 0 spiro atoms. The molecule has 0 amide bonds. The Hall–Kier alpha value is -19.8. The van der Waals surface area contributed by atoms with Gasteiger partial charge in [0.15, 0.2) is 5.69 Å². The van der Waals surface area contributed by atoms with Crippen LogP contribution in [0.3, 0.4) is 0 Å². The maximum Gasteiger partial charge on any atom is 0.189 e. The minimum atomic E-state index is -0.313. The summed E-state index contributed by atoms with van der Waals surface area (Å²) in [5.41, 5.74) is 27.1. The minimum absolute atomic E-state index is 0.304. The van der Waals surface area contributed by atoms with E-state index in [0.29, 0.717) is 33.8 Å². The van der Waals surface area contributed by atoms with E-state index in [9.17, 15) is 33.3 Å². The quantitative estimate of drug-likeness (QED) is 0.0427. The van der Waals surface area contributed by atoms with Crippen molar-refractivity contribution in [3.63, 3.8) is 0 Å². The van der Waals surface area contributed by atoms with Crippen molar-refractivity contribution in [2.75, 3.05) is 19.6 Å². The van der Waals surface area contributed by atoms with Crippen molar-refractivity contribution in [3.8, 4) is 107 Å². The first-order chi connectivity index (χ1) is 70.8. The van der Waals surface area contributed by atoms with Gasteiger partial charge in [-0.05, 0) is 332 Å². The number of hydrogen-bond donors (Lipinski definition) is 0. The molecule has 0 aromatic heterocycles. The summed E-state index contributed by atoms with van der Waals surface area (Å²) in [5, 5.41) is 44.1. The van der Waals surface area contributed by atoms with E-state index in [2.05, 4.69) is 261 Å². The van der Waals surface area contributed by atoms with E-state index in [4.69, 9.17) is 6.57 Å². The third kappa shape index (κ3) is 16.9. The Balaban J connectivity index is 0.000000159. The Bertz CT molecular complexity index is 8700. The molecular weight excluding hydrogens is 1770 g/mol. The van der Waals surface area contributed by atoms with Crippen LogP contribution in [0.2, 0.25) is 0 Å². The van der Waals surface area contributed by atoms with E-state index in [1.165, 1.54) is 48.5 Å². The van der Waals surface area contributed by atoms with Gasteiger partial charge in [0.25, 0.3) is 0 Å². The topological polar surface area (TPSA) is 88.7 Å². The normalized spacial score (nSPS) is 11.2. The fourth-order valence-corrected chi connectivity index (χ4v) is 20.3. The first-order valence-corrected chi connectivity index (χ1v) is 47.2. The molecule has 24 rings (SSSR count). The summed E-state index contributed by atoms with van der Waals surface area (Å²) < 4.78 is 57.5. The lowest BCUT2D eigenvalue weighted by atomic mass is 9.91. The summed E-state index contributed by atoms with van der Waals surface area (Å²) in [5.74, 6) is -1.23. The van der Waals surface area contributed by atoms with Crippen molar-refractivity contribution < 1.29 is 17.6 Å². The number of nitrogens with zero attached hydrogens (tertiary/aromatic N) is 8. The molecule has 0 heterocycles. The number of rotatable bonds is 20. The molecule has 0 radical (unpaired) electrons. The van der Waals surface area contributed by atoms with Gasteiger partial charge in [0.2, 0.25) is 0 Å². The van der Waals surface area contributed by atoms with Gasteiger partial charge in [-0.2, -0.15) is 15.8 Å². The number of nitriles is 3. The highest BCUT2D eigenvalue weighted by molar-refractivity contribution is 6.30. The van der Waals surface area contributed by atoms with E-state index >= 15 is 0 Å². The minimum Gasteiger partial charge on any atom is -0.311 e. The first-order valence-electron chi connectivity index (χ1n) is 47.2. The number of anilines is 12. The van der Waals surface area contributed by atoms with Gasteiger partial charge in [-0.25, -0.2) is 22.4 Å². The second kappa shape index (κ2) is 38.0. The van der Waals surface area contributed by atoms with Crippen molar-refractivity contribution in [2.24, 2.45) is 0 Å². The van der Waals surface area contributed by atoms with Crippen molar-refractivity contribution >= 4 is 139 Å². The molecule has 0 aliphatic carbocycles. The first kappa shape index (κ1) is 88.2. The molecule has 24 aromatic carbocycles. The summed E-state index contributed by atoms with van der Waals surface area (Å²) in [4.78, 5) is 12.7. The molecule has 144 heavy (non-hydrogen) atoms. The summed E-state index contributed by atoms with van der Waals surface area (Å²) in [6.07, 6.45) is 0. The van der Waals surface area contributed by atoms with Gasteiger partial charge >= 0.3 is 0 Å². The maximum atomic E-state index is 14.4. The number of para-hydroxylation sites is 2. The molecule has 0 fully saturated rings. The van der Waals surface area contributed by atoms with Gasteiger partial charge in [0.1, 0.15) is 35.4 Å². The molecule has 0 saturated carbocycles. The molecule has 0 atom stereocenters. The van der Waals surface area contributed by atoms with Crippen molar-refractivity contribution in [1.82, 2.24) is 0 Å². The monoisotopic (exact) mass is 1850 g/mol. The van der Waals surface area contributed by atoms with Crippen molar-refractivity contribution in [1.29, 1.82) is 15.8 Å². The van der Waals surface area contributed by atoms with Crippen LogP contribution in [0.5, 0.6) is 0 Å². The summed E-state index contributed by atoms with van der Waals surface area (Å²) >= 11 is 0. The molecule has 0 N–H and O–H groups in total. The molecule has 0 saturated heterocycles. The lowest BCUT2D eigenvalue weighted by molar-refractivity contribution is 0.627. The van der Waals surface area contributed by atoms with Gasteiger partial charge in [0.05, 0.1) is 63.5 Å². The largest absolute Gasteiger partial charge is 0.311 e. The highest BCUT2D eigenvalue weighted by Crippen LogP contribution is 2.54. The van der Waals surface area contributed by atoms with Crippen LogP contribution < -0.4 is 19.6 Å². The van der Waals surface area contributed by atoms with Gasteiger partial charge in [-0.15, -0.1) is 0 Å². The van der Waals surface area contributed by atoms with Crippen LogP contribution in [-0.2, 0) is 0 Å². The van der Waals surface area contributed by atoms with E-state index in [1.807, 2.05) is 182 Å². The molecular formula is C132H80F4N8. The Kier molecular flexibility index (Phi) is 23.3. The maximum absolute atomic E-state index is 14.4. The summed E-state index contributed by atoms with van der Waals surface area (Å²) in [6, 6.07) is 165. The van der Waals surface area contributed by atoms with Crippen LogP contribution in [0.15, 0.2) is 485 Å². The van der Waals surface area contributed by atoms with Gasteiger partial charge < -0.3 is 19.6 Å². The highest BCUT2D eigenvalue weighted by atomic mass is 19.1. The van der Waals surface area contributed by atoms with Gasteiger partial charge in [-0.1, -0.05) is 285 Å². The van der Waals surface area contributed by atoms with Crippen LogP contribution in [0.4, 0.5) is 91.5 Å². The van der Waals surface area contributed by atoms with Crippen LogP contribution in [0.1, 0.15) is 16.7 Å². The van der Waals surface area contributed by atoms with Crippen LogP contribution in [-0.4, -0.2) is 0 Å². The van der Waals surface area contributed by atoms with Crippen LogP contribution in [0.25, 0.3) is 158 Å². The molecule has 0 aliphatic rings. The molecule has 0 aliphatic heterocycles. The number of hydrogen-bond acceptors (Lipinski definition) is 7. The Labute approximate surface area is 829 Å². The zero-order valence-corrected chi connectivity index (χ0v) is 77.3. The number of benzene rings is 24. The molecule has 8 nitrogen and oxygen atoms in total. The predicted octanol–water partition coefficient (Wildman–Crippen LogP) is 37.1. The van der Waals surface area contributed by atoms with Gasteiger partial charge in [-0.3, -0.25) is 0 Å². The Morgan fingerprint density at radius 1 is 0.188 bits per heavy atom. The second-order valence-corrected chi connectivity index (χ2v) is 35.6. The average molecular weight is 1850 g/mol. The van der Waals surface area contributed by atoms with E-state index in [0.717, 1.165) is 211 Å². The van der Waals surface area contributed by atoms with Crippen LogP contribution >= 0.6 is 0 Å². The molecule has 24 aromatic rings. The van der Waals surface area contributed by atoms with E-state index in [-0.39, 0.29) is 23.3 Å². The summed E-state index contributed by atoms with van der Waals surface area (Å²) in [6.45, 7) is 8.04.